The van der Waals surface area contributed by atoms with Gasteiger partial charge >= 0.3 is 0 Å². The van der Waals surface area contributed by atoms with Crippen molar-refractivity contribution in [2.75, 3.05) is 13.1 Å². The van der Waals surface area contributed by atoms with Gasteiger partial charge in [-0.3, -0.25) is 14.7 Å². The molecule has 0 amide bonds. The Morgan fingerprint density at radius 2 is 1.83 bits per heavy atom. The van der Waals surface area contributed by atoms with Crippen molar-refractivity contribution in [1.29, 1.82) is 0 Å². The molecule has 3 heterocycles. The monoisotopic (exact) mass is 315 g/mol. The summed E-state index contributed by atoms with van der Waals surface area (Å²) >= 11 is 0. The molecular weight excluding hydrogens is 294 g/mol. The zero-order valence-corrected chi connectivity index (χ0v) is 13.0. The highest BCUT2D eigenvalue weighted by Crippen LogP contribution is 2.21. The van der Waals surface area contributed by atoms with Gasteiger partial charge in [-0.25, -0.2) is 0 Å². The molecule has 2 aromatic rings. The van der Waals surface area contributed by atoms with E-state index in [2.05, 4.69) is 9.88 Å². The summed E-state index contributed by atoms with van der Waals surface area (Å²) in [4.78, 5) is 18.2. The van der Waals surface area contributed by atoms with E-state index < -0.39 is 5.43 Å². The molecule has 122 valence electrons. The minimum Gasteiger partial charge on any atom is -0.503 e. The Morgan fingerprint density at radius 1 is 1.13 bits per heavy atom. The standard InChI is InChI=1S/C17H21N3O3/c21-12-14-9-16(22)17(23)15(11-19-7-1-2-8-19)20(14)10-13-3-5-18-6-4-13/h3-6,9,21,23H,1-2,7-8,10-12H2. The summed E-state index contributed by atoms with van der Waals surface area (Å²) in [7, 11) is 0. The van der Waals surface area contributed by atoms with Crippen molar-refractivity contribution >= 4 is 0 Å². The lowest BCUT2D eigenvalue weighted by molar-refractivity contribution is 0.263. The lowest BCUT2D eigenvalue weighted by Crippen LogP contribution is -2.26. The van der Waals surface area contributed by atoms with Crippen LogP contribution < -0.4 is 5.43 Å². The average Bonchev–Trinajstić information content (AvgIpc) is 3.08. The molecule has 0 spiro atoms. The third-order valence-corrected chi connectivity index (χ3v) is 4.30. The number of hydrogen-bond donors (Lipinski definition) is 2. The molecule has 0 aliphatic carbocycles. The maximum atomic E-state index is 12.0. The largest absolute Gasteiger partial charge is 0.503 e. The van der Waals surface area contributed by atoms with Gasteiger partial charge in [0, 0.05) is 37.2 Å². The summed E-state index contributed by atoms with van der Waals surface area (Å²) in [6.45, 7) is 2.68. The van der Waals surface area contributed by atoms with Gasteiger partial charge in [-0.05, 0) is 43.6 Å². The lowest BCUT2D eigenvalue weighted by atomic mass is 10.2. The number of aliphatic hydroxyl groups excluding tert-OH is 1. The van der Waals surface area contributed by atoms with Gasteiger partial charge in [0.05, 0.1) is 12.3 Å². The average molecular weight is 315 g/mol. The number of aromatic nitrogens is 2. The number of hydrogen-bond acceptors (Lipinski definition) is 5. The van der Waals surface area contributed by atoms with Crippen molar-refractivity contribution in [2.24, 2.45) is 0 Å². The minimum atomic E-state index is -0.436. The Morgan fingerprint density at radius 3 is 2.48 bits per heavy atom. The Labute approximate surface area is 134 Å². The molecule has 0 saturated carbocycles. The second-order valence-corrected chi connectivity index (χ2v) is 5.88. The van der Waals surface area contributed by atoms with Gasteiger partial charge in [0.1, 0.15) is 0 Å². The molecule has 0 radical (unpaired) electrons. The van der Waals surface area contributed by atoms with E-state index in [4.69, 9.17) is 0 Å². The van der Waals surface area contributed by atoms with Gasteiger partial charge in [-0.15, -0.1) is 0 Å². The molecular formula is C17H21N3O3. The van der Waals surface area contributed by atoms with Gasteiger partial charge in [0.25, 0.3) is 0 Å². The summed E-state index contributed by atoms with van der Waals surface area (Å²) in [5, 5.41) is 19.9. The third-order valence-electron chi connectivity index (χ3n) is 4.30. The van der Waals surface area contributed by atoms with Crippen LogP contribution in [0.5, 0.6) is 5.75 Å². The van der Waals surface area contributed by atoms with Crippen molar-refractivity contribution in [2.45, 2.75) is 32.5 Å². The number of aromatic hydroxyl groups is 1. The maximum Gasteiger partial charge on any atom is 0.223 e. The Bertz CT molecular complexity index is 722. The number of rotatable bonds is 5. The second-order valence-electron chi connectivity index (χ2n) is 5.88. The van der Waals surface area contributed by atoms with E-state index in [1.54, 1.807) is 12.4 Å². The smallest absolute Gasteiger partial charge is 0.223 e. The maximum absolute atomic E-state index is 12.0. The van der Waals surface area contributed by atoms with Gasteiger partial charge in [-0.1, -0.05) is 0 Å². The summed E-state index contributed by atoms with van der Waals surface area (Å²) < 4.78 is 1.84. The van der Waals surface area contributed by atoms with Crippen LogP contribution in [0.3, 0.4) is 0 Å². The van der Waals surface area contributed by atoms with Crippen molar-refractivity contribution in [1.82, 2.24) is 14.5 Å². The molecule has 1 fully saturated rings. The Kier molecular flexibility index (Phi) is 4.73. The first-order chi connectivity index (χ1) is 11.2. The van der Waals surface area contributed by atoms with Crippen molar-refractivity contribution in [3.63, 3.8) is 0 Å². The molecule has 0 unspecified atom stereocenters. The lowest BCUT2D eigenvalue weighted by Gasteiger charge is -2.22. The van der Waals surface area contributed by atoms with Gasteiger partial charge in [-0.2, -0.15) is 0 Å². The molecule has 2 N–H and O–H groups in total. The highest BCUT2D eigenvalue weighted by molar-refractivity contribution is 5.31. The first-order valence-corrected chi connectivity index (χ1v) is 7.85. The molecule has 6 heteroatoms. The molecule has 2 aromatic heterocycles. The molecule has 1 saturated heterocycles. The summed E-state index contributed by atoms with van der Waals surface area (Å²) in [6, 6.07) is 5.08. The zero-order chi connectivity index (χ0) is 16.2. The number of nitrogens with zero attached hydrogens (tertiary/aromatic N) is 3. The summed E-state index contributed by atoms with van der Waals surface area (Å²) in [5.74, 6) is -0.219. The van der Waals surface area contributed by atoms with Crippen molar-refractivity contribution in [3.8, 4) is 5.75 Å². The van der Waals surface area contributed by atoms with E-state index in [-0.39, 0.29) is 12.4 Å². The fourth-order valence-corrected chi connectivity index (χ4v) is 3.05. The van der Waals surface area contributed by atoms with Crippen molar-refractivity contribution < 1.29 is 10.2 Å². The van der Waals surface area contributed by atoms with Crippen LogP contribution in [0.2, 0.25) is 0 Å². The van der Waals surface area contributed by atoms with E-state index >= 15 is 0 Å². The van der Waals surface area contributed by atoms with E-state index in [0.717, 1.165) is 31.5 Å². The predicted octanol–water partition coefficient (Wildman–Crippen LogP) is 1.09. The molecule has 0 bridgehead atoms. The van der Waals surface area contributed by atoms with E-state index in [1.807, 2.05) is 16.7 Å². The molecule has 0 aromatic carbocycles. The Hall–Kier alpha value is -2.18. The van der Waals surface area contributed by atoms with Crippen LogP contribution in [-0.4, -0.2) is 37.8 Å². The van der Waals surface area contributed by atoms with E-state index in [1.165, 1.54) is 6.07 Å². The SMILES string of the molecule is O=c1cc(CO)n(Cc2ccncc2)c(CN2CCCC2)c1O. The normalized spacial score (nSPS) is 15.2. The van der Waals surface area contributed by atoms with Crippen LogP contribution in [0.1, 0.15) is 29.8 Å². The van der Waals surface area contributed by atoms with Crippen LogP contribution >= 0.6 is 0 Å². The highest BCUT2D eigenvalue weighted by Gasteiger charge is 2.20. The minimum absolute atomic E-state index is 0.219. The number of aliphatic hydroxyl groups is 1. The summed E-state index contributed by atoms with van der Waals surface area (Å²) in [6.07, 6.45) is 5.68. The molecule has 1 aliphatic heterocycles. The van der Waals surface area contributed by atoms with Crippen LogP contribution in [0.15, 0.2) is 35.4 Å². The highest BCUT2D eigenvalue weighted by atomic mass is 16.3. The van der Waals surface area contributed by atoms with Crippen LogP contribution in [0, 0.1) is 0 Å². The number of likely N-dealkylation sites (tertiary alicyclic amines) is 1. The first kappa shape index (κ1) is 15.7. The van der Waals surface area contributed by atoms with Gasteiger partial charge in [0.2, 0.25) is 5.43 Å². The molecule has 6 nitrogen and oxygen atoms in total. The van der Waals surface area contributed by atoms with Crippen LogP contribution in [0.25, 0.3) is 0 Å². The molecule has 1 aliphatic rings. The first-order valence-electron chi connectivity index (χ1n) is 7.85. The van der Waals surface area contributed by atoms with Gasteiger partial charge < -0.3 is 14.8 Å². The number of pyridine rings is 2. The fourth-order valence-electron chi connectivity index (χ4n) is 3.05. The third kappa shape index (κ3) is 3.43. The second kappa shape index (κ2) is 6.93. The van der Waals surface area contributed by atoms with E-state index in [0.29, 0.717) is 24.5 Å². The molecule has 23 heavy (non-hydrogen) atoms. The Balaban J connectivity index is 2.03. The van der Waals surface area contributed by atoms with Crippen molar-refractivity contribution in [3.05, 3.63) is 57.8 Å². The quantitative estimate of drug-likeness (QED) is 0.863. The van der Waals surface area contributed by atoms with Gasteiger partial charge in [0.15, 0.2) is 5.75 Å². The molecule has 0 atom stereocenters. The summed E-state index contributed by atoms with van der Waals surface area (Å²) in [5.41, 5.74) is 1.65. The van der Waals surface area contributed by atoms with E-state index in [9.17, 15) is 15.0 Å². The fraction of sp³-hybridized carbons (Fsp3) is 0.412. The predicted molar refractivity (Wildman–Crippen MR) is 86.1 cm³/mol. The molecule has 3 rings (SSSR count). The topological polar surface area (TPSA) is 78.6 Å². The zero-order valence-electron chi connectivity index (χ0n) is 13.0. The van der Waals surface area contributed by atoms with Crippen LogP contribution in [-0.2, 0) is 19.7 Å². The van der Waals surface area contributed by atoms with Crippen LogP contribution in [0.4, 0.5) is 0 Å².